The van der Waals surface area contributed by atoms with Gasteiger partial charge in [0.1, 0.15) is 0 Å². The second-order valence-corrected chi connectivity index (χ2v) is 4.15. The third kappa shape index (κ3) is 3.66. The lowest BCUT2D eigenvalue weighted by Gasteiger charge is -2.19. The number of aromatic carboxylic acids is 1. The highest BCUT2D eigenvalue weighted by Gasteiger charge is 2.13. The van der Waals surface area contributed by atoms with Crippen molar-refractivity contribution in [1.82, 2.24) is 0 Å². The van der Waals surface area contributed by atoms with Crippen LogP contribution in [-0.2, 0) is 0 Å². The highest BCUT2D eigenvalue weighted by Crippen LogP contribution is 2.21. The highest BCUT2D eigenvalue weighted by molar-refractivity contribution is 5.95. The Morgan fingerprint density at radius 2 is 2.18 bits per heavy atom. The molecule has 4 N–H and O–H groups in total. The lowest BCUT2D eigenvalue weighted by Crippen LogP contribution is -2.20. The van der Waals surface area contributed by atoms with E-state index in [4.69, 9.17) is 10.8 Å². The zero-order valence-corrected chi connectivity index (χ0v) is 10.4. The molecule has 17 heavy (non-hydrogen) atoms. The molecule has 1 rings (SSSR count). The van der Waals surface area contributed by atoms with Gasteiger partial charge >= 0.3 is 5.97 Å². The topological polar surface area (TPSA) is 75.3 Å². The van der Waals surface area contributed by atoms with Crippen molar-refractivity contribution in [2.24, 2.45) is 0 Å². The molecule has 0 spiro atoms. The fourth-order valence-electron chi connectivity index (χ4n) is 1.81. The van der Waals surface area contributed by atoms with Gasteiger partial charge in [0.2, 0.25) is 0 Å². The Balaban J connectivity index is 2.92. The van der Waals surface area contributed by atoms with Crippen molar-refractivity contribution >= 4 is 17.3 Å². The molecule has 0 aliphatic carbocycles. The van der Waals surface area contributed by atoms with Gasteiger partial charge in [-0.3, -0.25) is 0 Å². The predicted octanol–water partition coefficient (Wildman–Crippen LogP) is 2.96. The summed E-state index contributed by atoms with van der Waals surface area (Å²) in [4.78, 5) is 11.1. The molecule has 0 aliphatic heterocycles. The number of rotatable bonds is 6. The van der Waals surface area contributed by atoms with Gasteiger partial charge in [-0.25, -0.2) is 4.79 Å². The SMILES string of the molecule is CCCC(CC)Nc1ccc(N)cc1C(=O)O. The minimum absolute atomic E-state index is 0.236. The number of nitrogens with one attached hydrogen (secondary N) is 1. The van der Waals surface area contributed by atoms with Crippen LogP contribution in [0.3, 0.4) is 0 Å². The van der Waals surface area contributed by atoms with Gasteiger partial charge < -0.3 is 16.2 Å². The van der Waals surface area contributed by atoms with E-state index in [2.05, 4.69) is 19.2 Å². The van der Waals surface area contributed by atoms with Gasteiger partial charge in [-0.05, 0) is 31.0 Å². The molecule has 4 nitrogen and oxygen atoms in total. The largest absolute Gasteiger partial charge is 0.478 e. The Labute approximate surface area is 102 Å². The number of anilines is 2. The summed E-state index contributed by atoms with van der Waals surface area (Å²) in [5.41, 5.74) is 6.95. The van der Waals surface area contributed by atoms with Crippen LogP contribution in [0.1, 0.15) is 43.5 Å². The third-order valence-corrected chi connectivity index (χ3v) is 2.76. The van der Waals surface area contributed by atoms with Crippen LogP contribution in [0.5, 0.6) is 0 Å². The number of carbonyl (C=O) groups is 1. The van der Waals surface area contributed by atoms with Gasteiger partial charge in [-0.15, -0.1) is 0 Å². The maximum Gasteiger partial charge on any atom is 0.337 e. The third-order valence-electron chi connectivity index (χ3n) is 2.76. The van der Waals surface area contributed by atoms with E-state index in [1.54, 1.807) is 12.1 Å². The molecule has 94 valence electrons. The minimum Gasteiger partial charge on any atom is -0.478 e. The van der Waals surface area contributed by atoms with Crippen LogP contribution in [-0.4, -0.2) is 17.1 Å². The summed E-state index contributed by atoms with van der Waals surface area (Å²) in [6, 6.07) is 5.25. The Morgan fingerprint density at radius 1 is 1.47 bits per heavy atom. The van der Waals surface area contributed by atoms with Gasteiger partial charge in [0.05, 0.1) is 5.56 Å². The summed E-state index contributed by atoms with van der Waals surface area (Å²) in [6.07, 6.45) is 3.07. The highest BCUT2D eigenvalue weighted by atomic mass is 16.4. The molecule has 0 saturated carbocycles. The van der Waals surface area contributed by atoms with Gasteiger partial charge in [0.25, 0.3) is 0 Å². The van der Waals surface area contributed by atoms with Gasteiger partial charge in [-0.2, -0.15) is 0 Å². The molecular weight excluding hydrogens is 216 g/mol. The number of hydrogen-bond donors (Lipinski definition) is 3. The van der Waals surface area contributed by atoms with Crippen molar-refractivity contribution in [3.63, 3.8) is 0 Å². The minimum atomic E-state index is -0.953. The lowest BCUT2D eigenvalue weighted by molar-refractivity contribution is 0.0698. The number of nitrogen functional groups attached to an aromatic ring is 1. The van der Waals surface area contributed by atoms with E-state index in [0.717, 1.165) is 19.3 Å². The molecule has 0 saturated heterocycles. The van der Waals surface area contributed by atoms with Crippen LogP contribution in [0.25, 0.3) is 0 Å². The standard InChI is InChI=1S/C13H20N2O2/c1-3-5-10(4-2)15-12-7-6-9(14)8-11(12)13(16)17/h6-8,10,15H,3-5,14H2,1-2H3,(H,16,17). The van der Waals surface area contributed by atoms with Crippen molar-refractivity contribution in [2.45, 2.75) is 39.2 Å². The van der Waals surface area contributed by atoms with Crippen molar-refractivity contribution in [1.29, 1.82) is 0 Å². The quantitative estimate of drug-likeness (QED) is 0.664. The summed E-state index contributed by atoms with van der Waals surface area (Å²) in [5, 5.41) is 12.4. The summed E-state index contributed by atoms with van der Waals surface area (Å²) in [6.45, 7) is 4.20. The van der Waals surface area contributed by atoms with Crippen molar-refractivity contribution in [2.75, 3.05) is 11.1 Å². The first-order chi connectivity index (χ1) is 8.08. The molecule has 0 radical (unpaired) electrons. The molecule has 1 unspecified atom stereocenters. The van der Waals surface area contributed by atoms with Crippen LogP contribution < -0.4 is 11.1 Å². The summed E-state index contributed by atoms with van der Waals surface area (Å²) >= 11 is 0. The Hall–Kier alpha value is -1.71. The number of benzene rings is 1. The van der Waals surface area contributed by atoms with E-state index in [1.807, 2.05) is 0 Å². The van der Waals surface area contributed by atoms with E-state index >= 15 is 0 Å². The first kappa shape index (κ1) is 13.4. The van der Waals surface area contributed by atoms with E-state index in [9.17, 15) is 4.79 Å². The number of hydrogen-bond acceptors (Lipinski definition) is 3. The first-order valence-corrected chi connectivity index (χ1v) is 5.97. The summed E-state index contributed by atoms with van der Waals surface area (Å²) < 4.78 is 0. The maximum absolute atomic E-state index is 11.1. The maximum atomic E-state index is 11.1. The Kier molecular flexibility index (Phi) is 4.82. The zero-order chi connectivity index (χ0) is 12.8. The molecule has 0 bridgehead atoms. The molecular formula is C13H20N2O2. The molecule has 0 fully saturated rings. The zero-order valence-electron chi connectivity index (χ0n) is 10.4. The second-order valence-electron chi connectivity index (χ2n) is 4.15. The molecule has 1 aromatic rings. The fraction of sp³-hybridized carbons (Fsp3) is 0.462. The first-order valence-electron chi connectivity index (χ1n) is 5.97. The van der Waals surface area contributed by atoms with Crippen LogP contribution in [0, 0.1) is 0 Å². The summed E-state index contributed by atoms with van der Waals surface area (Å²) in [7, 11) is 0. The lowest BCUT2D eigenvalue weighted by atomic mass is 10.1. The number of carboxylic acid groups (broad SMARTS) is 1. The average Bonchev–Trinajstić information content (AvgIpc) is 2.30. The van der Waals surface area contributed by atoms with Gasteiger partial charge in [0, 0.05) is 17.4 Å². The van der Waals surface area contributed by atoms with Crippen molar-refractivity contribution in [3.05, 3.63) is 23.8 Å². The Morgan fingerprint density at radius 3 is 2.71 bits per heavy atom. The number of carboxylic acids is 1. The van der Waals surface area contributed by atoms with Crippen molar-refractivity contribution in [3.8, 4) is 0 Å². The van der Waals surface area contributed by atoms with E-state index in [-0.39, 0.29) is 5.56 Å². The smallest absolute Gasteiger partial charge is 0.337 e. The predicted molar refractivity (Wildman–Crippen MR) is 70.4 cm³/mol. The summed E-state index contributed by atoms with van der Waals surface area (Å²) in [5.74, 6) is -0.953. The van der Waals surface area contributed by atoms with E-state index in [1.165, 1.54) is 6.07 Å². The average molecular weight is 236 g/mol. The van der Waals surface area contributed by atoms with E-state index in [0.29, 0.717) is 17.4 Å². The van der Waals surface area contributed by atoms with Crippen molar-refractivity contribution < 1.29 is 9.90 Å². The molecule has 4 heteroatoms. The molecule has 1 aromatic carbocycles. The molecule has 0 amide bonds. The van der Waals surface area contributed by atoms with Gasteiger partial charge in [0.15, 0.2) is 0 Å². The monoisotopic (exact) mass is 236 g/mol. The van der Waals surface area contributed by atoms with Gasteiger partial charge in [-0.1, -0.05) is 20.3 Å². The molecule has 1 atom stereocenters. The van der Waals surface area contributed by atoms with E-state index < -0.39 is 5.97 Å². The van der Waals surface area contributed by atoms with Crippen LogP contribution >= 0.6 is 0 Å². The van der Waals surface area contributed by atoms with Crippen LogP contribution in [0.2, 0.25) is 0 Å². The fourth-order valence-corrected chi connectivity index (χ4v) is 1.81. The van der Waals surface area contributed by atoms with Crippen LogP contribution in [0.4, 0.5) is 11.4 Å². The second kappa shape index (κ2) is 6.13. The van der Waals surface area contributed by atoms with Crippen LogP contribution in [0.15, 0.2) is 18.2 Å². The Bertz CT molecular complexity index is 391. The normalized spacial score (nSPS) is 12.1. The molecule has 0 heterocycles. The number of nitrogens with two attached hydrogens (primary N) is 1. The molecule has 0 aliphatic rings. The molecule has 0 aromatic heterocycles.